The van der Waals surface area contributed by atoms with Crippen LogP contribution in [0.3, 0.4) is 0 Å². The molecule has 0 N–H and O–H groups in total. The molecule has 0 aromatic carbocycles. The smallest absolute Gasteiger partial charge is 0.358 e. The van der Waals surface area contributed by atoms with Gasteiger partial charge >= 0.3 is 5.82 Å². The van der Waals surface area contributed by atoms with Gasteiger partial charge in [-0.3, -0.25) is 4.68 Å². The van der Waals surface area contributed by atoms with Gasteiger partial charge in [-0.15, -0.1) is 0 Å². The standard InChI is InChI=1S/C9H9BrClN5O2/c1-5-6(8(11)14(2)12-5)3-15-4-7(10)9(13-15)16(17)18/h4H,3H2,1-2H3. The van der Waals surface area contributed by atoms with E-state index in [1.807, 2.05) is 6.92 Å². The molecule has 2 aromatic rings. The Morgan fingerprint density at radius 1 is 1.56 bits per heavy atom. The second-order valence-corrected chi connectivity index (χ2v) is 4.95. The van der Waals surface area contributed by atoms with Gasteiger partial charge in [-0.2, -0.15) is 9.78 Å². The highest BCUT2D eigenvalue weighted by Gasteiger charge is 2.20. The van der Waals surface area contributed by atoms with Gasteiger partial charge in [0.25, 0.3) is 0 Å². The Balaban J connectivity index is 2.34. The van der Waals surface area contributed by atoms with Crippen molar-refractivity contribution in [2.45, 2.75) is 13.5 Å². The van der Waals surface area contributed by atoms with Crippen molar-refractivity contribution in [2.75, 3.05) is 0 Å². The SMILES string of the molecule is Cc1nn(C)c(Cl)c1Cn1cc(Br)c([N+](=O)[O-])n1. The first-order chi connectivity index (χ1) is 8.40. The van der Waals surface area contributed by atoms with E-state index in [1.54, 1.807) is 17.9 Å². The molecule has 18 heavy (non-hydrogen) atoms. The number of halogens is 2. The molecule has 2 aromatic heterocycles. The lowest BCUT2D eigenvalue weighted by atomic mass is 10.3. The highest BCUT2D eigenvalue weighted by molar-refractivity contribution is 9.10. The van der Waals surface area contributed by atoms with Gasteiger partial charge < -0.3 is 10.1 Å². The molecule has 0 fully saturated rings. The zero-order valence-corrected chi connectivity index (χ0v) is 11.9. The van der Waals surface area contributed by atoms with Crippen molar-refractivity contribution in [3.8, 4) is 0 Å². The Morgan fingerprint density at radius 3 is 2.67 bits per heavy atom. The van der Waals surface area contributed by atoms with E-state index in [1.165, 1.54) is 4.68 Å². The van der Waals surface area contributed by atoms with Gasteiger partial charge in [0, 0.05) is 12.6 Å². The first-order valence-corrected chi connectivity index (χ1v) is 6.12. The van der Waals surface area contributed by atoms with Crippen molar-refractivity contribution in [2.24, 2.45) is 7.05 Å². The lowest BCUT2D eigenvalue weighted by Crippen LogP contribution is -2.02. The molecule has 0 unspecified atom stereocenters. The number of aryl methyl sites for hydroxylation is 2. The van der Waals surface area contributed by atoms with E-state index >= 15 is 0 Å². The average Bonchev–Trinajstić information content (AvgIpc) is 2.75. The second kappa shape index (κ2) is 4.69. The van der Waals surface area contributed by atoms with Crippen molar-refractivity contribution in [1.29, 1.82) is 0 Å². The van der Waals surface area contributed by atoms with Gasteiger partial charge in [0.05, 0.1) is 23.5 Å². The molecule has 96 valence electrons. The molecular formula is C9H9BrClN5O2. The summed E-state index contributed by atoms with van der Waals surface area (Å²) >= 11 is 9.18. The number of aromatic nitrogens is 4. The van der Waals surface area contributed by atoms with Crippen LogP contribution >= 0.6 is 27.5 Å². The molecule has 7 nitrogen and oxygen atoms in total. The highest BCUT2D eigenvalue weighted by Crippen LogP contribution is 2.24. The van der Waals surface area contributed by atoms with Crippen molar-refractivity contribution >= 4 is 33.3 Å². The van der Waals surface area contributed by atoms with Crippen LogP contribution in [0.25, 0.3) is 0 Å². The molecule has 9 heteroatoms. The van der Waals surface area contributed by atoms with Crippen LogP contribution in [0.4, 0.5) is 5.82 Å². The molecule has 2 heterocycles. The van der Waals surface area contributed by atoms with Crippen LogP contribution in [0.5, 0.6) is 0 Å². The van der Waals surface area contributed by atoms with Crippen LogP contribution in [-0.2, 0) is 13.6 Å². The molecule has 0 saturated carbocycles. The Morgan fingerprint density at radius 2 is 2.22 bits per heavy atom. The lowest BCUT2D eigenvalue weighted by Gasteiger charge is -1.97. The number of hydrogen-bond donors (Lipinski definition) is 0. The lowest BCUT2D eigenvalue weighted by molar-refractivity contribution is -0.390. The van der Waals surface area contributed by atoms with E-state index in [2.05, 4.69) is 26.1 Å². The summed E-state index contributed by atoms with van der Waals surface area (Å²) in [6.45, 7) is 2.17. The summed E-state index contributed by atoms with van der Waals surface area (Å²) in [5.74, 6) is -0.215. The quantitative estimate of drug-likeness (QED) is 0.637. The van der Waals surface area contributed by atoms with Crippen LogP contribution in [-0.4, -0.2) is 24.5 Å². The number of hydrogen-bond acceptors (Lipinski definition) is 4. The van der Waals surface area contributed by atoms with Crippen LogP contribution in [0, 0.1) is 17.0 Å². The first-order valence-electron chi connectivity index (χ1n) is 4.95. The molecule has 0 radical (unpaired) electrons. The summed E-state index contributed by atoms with van der Waals surface area (Å²) in [5, 5.41) is 19.2. The molecule has 2 rings (SSSR count). The van der Waals surface area contributed by atoms with E-state index in [-0.39, 0.29) is 5.82 Å². The predicted octanol–water partition coefficient (Wildman–Crippen LogP) is 2.30. The third-order valence-electron chi connectivity index (χ3n) is 2.46. The van der Waals surface area contributed by atoms with Crippen LogP contribution in [0.15, 0.2) is 10.7 Å². The largest absolute Gasteiger partial charge is 0.404 e. The normalized spacial score (nSPS) is 10.9. The number of nitro groups is 1. The van der Waals surface area contributed by atoms with Gasteiger partial charge in [0.15, 0.2) is 0 Å². The van der Waals surface area contributed by atoms with Crippen LogP contribution in [0.2, 0.25) is 5.15 Å². The Kier molecular flexibility index (Phi) is 3.40. The summed E-state index contributed by atoms with van der Waals surface area (Å²) in [6.07, 6.45) is 1.54. The van der Waals surface area contributed by atoms with E-state index in [4.69, 9.17) is 11.6 Å². The molecule has 0 aliphatic heterocycles. The third kappa shape index (κ3) is 2.25. The molecule has 0 saturated heterocycles. The topological polar surface area (TPSA) is 78.8 Å². The molecular weight excluding hydrogens is 325 g/mol. The summed E-state index contributed by atoms with van der Waals surface area (Å²) < 4.78 is 3.35. The molecule has 0 bridgehead atoms. The Hall–Kier alpha value is -1.41. The van der Waals surface area contributed by atoms with Crippen molar-refractivity contribution < 1.29 is 4.92 Å². The van der Waals surface area contributed by atoms with Crippen molar-refractivity contribution in [3.05, 3.63) is 37.2 Å². The molecule has 0 amide bonds. The van der Waals surface area contributed by atoms with Gasteiger partial charge in [0.1, 0.15) is 9.63 Å². The van der Waals surface area contributed by atoms with Gasteiger partial charge in [0.2, 0.25) is 0 Å². The van der Waals surface area contributed by atoms with E-state index in [0.29, 0.717) is 16.2 Å². The third-order valence-corrected chi connectivity index (χ3v) is 3.49. The maximum atomic E-state index is 10.7. The zero-order valence-electron chi connectivity index (χ0n) is 9.59. The van der Waals surface area contributed by atoms with Gasteiger partial charge in [-0.1, -0.05) is 11.6 Å². The maximum absolute atomic E-state index is 10.7. The fourth-order valence-corrected chi connectivity index (χ4v) is 2.30. The van der Waals surface area contributed by atoms with Gasteiger partial charge in [-0.25, -0.2) is 0 Å². The molecule has 0 spiro atoms. The maximum Gasteiger partial charge on any atom is 0.404 e. The first kappa shape index (κ1) is 13.0. The highest BCUT2D eigenvalue weighted by atomic mass is 79.9. The van der Waals surface area contributed by atoms with Crippen LogP contribution < -0.4 is 0 Å². The minimum atomic E-state index is -0.543. The summed E-state index contributed by atoms with van der Waals surface area (Å²) in [7, 11) is 1.74. The number of rotatable bonds is 3. The summed E-state index contributed by atoms with van der Waals surface area (Å²) in [6, 6.07) is 0. The average molecular weight is 335 g/mol. The zero-order chi connectivity index (χ0) is 13.4. The summed E-state index contributed by atoms with van der Waals surface area (Å²) in [4.78, 5) is 10.1. The molecule has 0 aliphatic carbocycles. The minimum absolute atomic E-state index is 0.215. The van der Waals surface area contributed by atoms with E-state index < -0.39 is 4.92 Å². The van der Waals surface area contributed by atoms with E-state index in [0.717, 1.165) is 11.3 Å². The molecule has 0 atom stereocenters. The summed E-state index contributed by atoms with van der Waals surface area (Å²) in [5.41, 5.74) is 1.57. The van der Waals surface area contributed by atoms with Crippen molar-refractivity contribution in [1.82, 2.24) is 19.6 Å². The molecule has 0 aliphatic rings. The number of nitrogens with zero attached hydrogens (tertiary/aromatic N) is 5. The fourth-order valence-electron chi connectivity index (χ4n) is 1.61. The predicted molar refractivity (Wildman–Crippen MR) is 68.6 cm³/mol. The fraction of sp³-hybridized carbons (Fsp3) is 0.333. The van der Waals surface area contributed by atoms with Crippen LogP contribution in [0.1, 0.15) is 11.3 Å². The minimum Gasteiger partial charge on any atom is -0.358 e. The Bertz CT molecular complexity index is 621. The van der Waals surface area contributed by atoms with Crippen molar-refractivity contribution in [3.63, 3.8) is 0 Å². The van der Waals surface area contributed by atoms with E-state index in [9.17, 15) is 10.1 Å². The monoisotopic (exact) mass is 333 g/mol. The second-order valence-electron chi connectivity index (χ2n) is 3.73. The van der Waals surface area contributed by atoms with Gasteiger partial charge in [-0.05, 0) is 27.8 Å². The Labute approximate surface area is 116 Å².